The predicted molar refractivity (Wildman–Crippen MR) is 103 cm³/mol. The summed E-state index contributed by atoms with van der Waals surface area (Å²) in [7, 11) is 0. The minimum atomic E-state index is -0.0184. The third-order valence-electron chi connectivity index (χ3n) is 4.84. The van der Waals surface area contributed by atoms with Crippen LogP contribution in [0.25, 0.3) is 0 Å². The maximum atomic E-state index is 12.5. The van der Waals surface area contributed by atoms with Gasteiger partial charge in [0.25, 0.3) is 5.91 Å². The van der Waals surface area contributed by atoms with Gasteiger partial charge in [-0.1, -0.05) is 24.3 Å². The van der Waals surface area contributed by atoms with Crippen molar-refractivity contribution in [2.24, 2.45) is 0 Å². The Labute approximate surface area is 160 Å². The number of piperazine rings is 1. The number of nitrogens with zero attached hydrogens (tertiary/aromatic N) is 3. The molecule has 1 saturated heterocycles. The number of aliphatic hydroxyl groups excluding tert-OH is 1. The van der Waals surface area contributed by atoms with E-state index in [0.29, 0.717) is 25.3 Å². The van der Waals surface area contributed by atoms with Crippen LogP contribution in [0, 0.1) is 6.92 Å². The van der Waals surface area contributed by atoms with Crippen molar-refractivity contribution in [1.82, 2.24) is 14.8 Å². The second-order valence-electron chi connectivity index (χ2n) is 6.85. The highest BCUT2D eigenvalue weighted by atomic mass is 16.5. The molecule has 0 saturated carbocycles. The first-order chi connectivity index (χ1) is 13.2. The highest BCUT2D eigenvalue weighted by Gasteiger charge is 2.29. The van der Waals surface area contributed by atoms with Crippen LogP contribution in [-0.2, 0) is 11.3 Å². The molecule has 144 valence electrons. The van der Waals surface area contributed by atoms with Crippen LogP contribution < -0.4 is 4.74 Å². The average Bonchev–Trinajstić information content (AvgIpc) is 2.68. The molecule has 6 nitrogen and oxygen atoms in total. The van der Waals surface area contributed by atoms with E-state index in [1.165, 1.54) is 0 Å². The number of aryl methyl sites for hydroxylation is 1. The van der Waals surface area contributed by atoms with Gasteiger partial charge in [-0.15, -0.1) is 0 Å². The number of benzene rings is 1. The fraction of sp³-hybridized carbons (Fsp3) is 0.429. The maximum absolute atomic E-state index is 12.5. The molecule has 2 heterocycles. The first kappa shape index (κ1) is 19.3. The molecule has 0 spiro atoms. The van der Waals surface area contributed by atoms with Crippen molar-refractivity contribution in [3.8, 4) is 5.75 Å². The summed E-state index contributed by atoms with van der Waals surface area (Å²) in [5, 5.41) is 9.45. The number of carbonyl (C=O) groups excluding carboxylic acids is 1. The molecular weight excluding hydrogens is 342 g/mol. The summed E-state index contributed by atoms with van der Waals surface area (Å²) < 4.78 is 5.59. The Balaban J connectivity index is 1.57. The van der Waals surface area contributed by atoms with Crippen molar-refractivity contribution >= 4 is 5.91 Å². The lowest BCUT2D eigenvalue weighted by Crippen LogP contribution is -2.55. The predicted octanol–water partition coefficient (Wildman–Crippen LogP) is 1.86. The van der Waals surface area contributed by atoms with E-state index >= 15 is 0 Å². The fourth-order valence-corrected chi connectivity index (χ4v) is 3.40. The van der Waals surface area contributed by atoms with Crippen LogP contribution >= 0.6 is 0 Å². The summed E-state index contributed by atoms with van der Waals surface area (Å²) >= 11 is 0. The molecule has 1 atom stereocenters. The molecule has 6 heteroatoms. The molecule has 1 aliphatic rings. The fourth-order valence-electron chi connectivity index (χ4n) is 3.40. The van der Waals surface area contributed by atoms with Crippen LogP contribution in [0.4, 0.5) is 0 Å². The van der Waals surface area contributed by atoms with Crippen molar-refractivity contribution in [1.29, 1.82) is 0 Å². The van der Waals surface area contributed by atoms with Gasteiger partial charge in [-0.3, -0.25) is 14.7 Å². The van der Waals surface area contributed by atoms with Crippen molar-refractivity contribution < 1.29 is 14.6 Å². The SMILES string of the molecule is Cc1cccc(CN2CCN(C(=O)COc3ccccc3)CC2CCO)n1. The molecule has 1 aromatic heterocycles. The molecule has 1 fully saturated rings. The van der Waals surface area contributed by atoms with Gasteiger partial charge in [0, 0.05) is 44.5 Å². The molecule has 3 rings (SSSR count). The van der Waals surface area contributed by atoms with E-state index in [4.69, 9.17) is 4.74 Å². The number of amides is 1. The van der Waals surface area contributed by atoms with Gasteiger partial charge in [0.1, 0.15) is 5.75 Å². The summed E-state index contributed by atoms with van der Waals surface area (Å²) in [6, 6.07) is 15.5. The quantitative estimate of drug-likeness (QED) is 0.807. The van der Waals surface area contributed by atoms with Crippen LogP contribution in [0.1, 0.15) is 17.8 Å². The molecule has 1 N–H and O–H groups in total. The molecule has 1 aliphatic heterocycles. The number of para-hydroxylation sites is 1. The van der Waals surface area contributed by atoms with Gasteiger partial charge in [-0.2, -0.15) is 0 Å². The number of aromatic nitrogens is 1. The summed E-state index contributed by atoms with van der Waals surface area (Å²) in [4.78, 5) is 21.3. The molecular formula is C21H27N3O3. The summed E-state index contributed by atoms with van der Waals surface area (Å²) in [5.41, 5.74) is 2.02. The summed E-state index contributed by atoms with van der Waals surface area (Å²) in [6.45, 7) is 4.87. The zero-order valence-corrected chi connectivity index (χ0v) is 15.8. The van der Waals surface area contributed by atoms with Crippen LogP contribution in [0.5, 0.6) is 5.75 Å². The maximum Gasteiger partial charge on any atom is 0.260 e. The van der Waals surface area contributed by atoms with E-state index in [0.717, 1.165) is 24.5 Å². The van der Waals surface area contributed by atoms with E-state index in [1.54, 1.807) is 0 Å². The normalized spacial score (nSPS) is 17.7. The molecule has 2 aromatic rings. The molecule has 1 unspecified atom stereocenters. The van der Waals surface area contributed by atoms with Gasteiger partial charge in [0.05, 0.1) is 5.69 Å². The lowest BCUT2D eigenvalue weighted by molar-refractivity contribution is -0.136. The van der Waals surface area contributed by atoms with Gasteiger partial charge in [0.2, 0.25) is 0 Å². The van der Waals surface area contributed by atoms with Gasteiger partial charge in [-0.25, -0.2) is 0 Å². The number of pyridine rings is 1. The Morgan fingerprint density at radius 2 is 2.00 bits per heavy atom. The highest BCUT2D eigenvalue weighted by molar-refractivity contribution is 5.78. The van der Waals surface area contributed by atoms with E-state index in [1.807, 2.05) is 60.4 Å². The minimum Gasteiger partial charge on any atom is -0.484 e. The lowest BCUT2D eigenvalue weighted by atomic mass is 10.1. The number of carbonyl (C=O) groups is 1. The van der Waals surface area contributed by atoms with Gasteiger partial charge in [0.15, 0.2) is 6.61 Å². The minimum absolute atomic E-state index is 0.0184. The standard InChI is InChI=1S/C21H27N3O3/c1-17-6-5-7-18(22-17)14-23-11-12-24(15-19(23)10-13-25)21(26)16-27-20-8-3-2-4-9-20/h2-9,19,25H,10-16H2,1H3. The number of ether oxygens (including phenoxy) is 1. The zero-order valence-electron chi connectivity index (χ0n) is 15.8. The van der Waals surface area contributed by atoms with E-state index in [2.05, 4.69) is 9.88 Å². The van der Waals surface area contributed by atoms with Gasteiger partial charge < -0.3 is 14.7 Å². The number of aliphatic hydroxyl groups is 1. The lowest BCUT2D eigenvalue weighted by Gasteiger charge is -2.41. The largest absolute Gasteiger partial charge is 0.484 e. The van der Waals surface area contributed by atoms with E-state index in [-0.39, 0.29) is 25.2 Å². The zero-order chi connectivity index (χ0) is 19.1. The number of hydrogen-bond acceptors (Lipinski definition) is 5. The second-order valence-corrected chi connectivity index (χ2v) is 6.85. The summed E-state index contributed by atoms with van der Waals surface area (Å²) in [5.74, 6) is 0.678. The topological polar surface area (TPSA) is 65.9 Å². The first-order valence-electron chi connectivity index (χ1n) is 9.39. The molecule has 1 amide bonds. The van der Waals surface area contributed by atoms with Gasteiger partial charge in [-0.05, 0) is 37.6 Å². The summed E-state index contributed by atoms with van der Waals surface area (Å²) in [6.07, 6.45) is 0.634. The number of rotatable bonds is 7. The van der Waals surface area contributed by atoms with Gasteiger partial charge >= 0.3 is 0 Å². The third-order valence-corrected chi connectivity index (χ3v) is 4.84. The monoisotopic (exact) mass is 369 g/mol. The Morgan fingerprint density at radius 1 is 1.19 bits per heavy atom. The molecule has 27 heavy (non-hydrogen) atoms. The smallest absolute Gasteiger partial charge is 0.260 e. The second kappa shape index (κ2) is 9.48. The Hall–Kier alpha value is -2.44. The molecule has 0 bridgehead atoms. The van der Waals surface area contributed by atoms with Crippen LogP contribution in [-0.4, -0.2) is 64.7 Å². The van der Waals surface area contributed by atoms with E-state index < -0.39 is 0 Å². The Kier molecular flexibility index (Phi) is 6.79. The van der Waals surface area contributed by atoms with Crippen molar-refractivity contribution in [2.75, 3.05) is 32.8 Å². The van der Waals surface area contributed by atoms with Crippen molar-refractivity contribution in [2.45, 2.75) is 25.9 Å². The molecule has 0 radical (unpaired) electrons. The van der Waals surface area contributed by atoms with E-state index in [9.17, 15) is 9.90 Å². The van der Waals surface area contributed by atoms with Crippen LogP contribution in [0.3, 0.4) is 0 Å². The first-order valence-corrected chi connectivity index (χ1v) is 9.39. The average molecular weight is 369 g/mol. The highest BCUT2D eigenvalue weighted by Crippen LogP contribution is 2.17. The Bertz CT molecular complexity index is 738. The third kappa shape index (κ3) is 5.52. The molecule has 0 aliphatic carbocycles. The number of hydrogen-bond donors (Lipinski definition) is 1. The van der Waals surface area contributed by atoms with Crippen LogP contribution in [0.2, 0.25) is 0 Å². The molecule has 1 aromatic carbocycles. The Morgan fingerprint density at radius 3 is 2.74 bits per heavy atom. The van der Waals surface area contributed by atoms with Crippen molar-refractivity contribution in [3.63, 3.8) is 0 Å². The van der Waals surface area contributed by atoms with Crippen LogP contribution in [0.15, 0.2) is 48.5 Å². The van der Waals surface area contributed by atoms with Crippen molar-refractivity contribution in [3.05, 3.63) is 59.9 Å².